The Bertz CT molecular complexity index is 602. The summed E-state index contributed by atoms with van der Waals surface area (Å²) < 4.78 is 1.78. The molecule has 134 valence electrons. The molecule has 2 rings (SSSR count). The van der Waals surface area contributed by atoms with Crippen LogP contribution in [0.15, 0.2) is 0 Å². The van der Waals surface area contributed by atoms with E-state index in [1.165, 1.54) is 0 Å². The molecule has 1 aliphatic rings. The third-order valence-electron chi connectivity index (χ3n) is 4.97. The third kappa shape index (κ3) is 4.35. The van der Waals surface area contributed by atoms with Gasteiger partial charge in [0.15, 0.2) is 0 Å². The van der Waals surface area contributed by atoms with Crippen LogP contribution in [0, 0.1) is 19.8 Å². The van der Waals surface area contributed by atoms with Crippen LogP contribution >= 0.6 is 0 Å². The number of likely N-dealkylation sites (tertiary alicyclic amines) is 1. The minimum Gasteiger partial charge on any atom is -0.356 e. The molecular weight excluding hydrogens is 306 g/mol. The van der Waals surface area contributed by atoms with Crippen molar-refractivity contribution in [2.75, 3.05) is 25.0 Å². The van der Waals surface area contributed by atoms with Crippen LogP contribution in [0.4, 0.5) is 5.69 Å². The fourth-order valence-corrected chi connectivity index (χ4v) is 3.18. The summed E-state index contributed by atoms with van der Waals surface area (Å²) in [4.78, 5) is 25.8. The lowest BCUT2D eigenvalue weighted by atomic mass is 9.95. The fourth-order valence-electron chi connectivity index (χ4n) is 3.18. The van der Waals surface area contributed by atoms with E-state index in [2.05, 4.69) is 20.6 Å². The number of hydrogen-bond acceptors (Lipinski definition) is 4. The summed E-state index contributed by atoms with van der Waals surface area (Å²) in [5.74, 6) is 0.533. The summed E-state index contributed by atoms with van der Waals surface area (Å²) in [6, 6.07) is -0.175. The number of aromatic nitrogens is 2. The highest BCUT2D eigenvalue weighted by Crippen LogP contribution is 2.21. The Morgan fingerprint density at radius 1 is 1.29 bits per heavy atom. The van der Waals surface area contributed by atoms with Gasteiger partial charge in [-0.3, -0.25) is 19.2 Å². The van der Waals surface area contributed by atoms with Gasteiger partial charge in [-0.05, 0) is 52.6 Å². The third-order valence-corrected chi connectivity index (χ3v) is 4.97. The Balaban J connectivity index is 1.87. The van der Waals surface area contributed by atoms with Crippen LogP contribution in [-0.2, 0) is 16.6 Å². The number of hydrogen-bond donors (Lipinski definition) is 2. The average molecular weight is 335 g/mol. The van der Waals surface area contributed by atoms with Crippen LogP contribution in [0.5, 0.6) is 0 Å². The zero-order valence-corrected chi connectivity index (χ0v) is 15.3. The van der Waals surface area contributed by atoms with Crippen LogP contribution < -0.4 is 10.6 Å². The molecule has 0 spiro atoms. The predicted octanol–water partition coefficient (Wildman–Crippen LogP) is 1.21. The normalized spacial score (nSPS) is 17.5. The van der Waals surface area contributed by atoms with Crippen molar-refractivity contribution < 1.29 is 9.59 Å². The van der Waals surface area contributed by atoms with Crippen LogP contribution in [0.3, 0.4) is 0 Å². The van der Waals surface area contributed by atoms with Gasteiger partial charge in [0.2, 0.25) is 11.8 Å². The molecule has 0 bridgehead atoms. The molecule has 1 atom stereocenters. The Kier molecular flexibility index (Phi) is 5.99. The molecule has 7 nitrogen and oxygen atoms in total. The summed E-state index contributed by atoms with van der Waals surface area (Å²) in [6.07, 6.45) is 2.01. The Labute approximate surface area is 143 Å². The minimum atomic E-state index is -0.175. The SMILES string of the molecule is CC(=O)NCC1CCN([C@H](C)C(=O)Nc2c(C)nn(C)c2C)CC1. The van der Waals surface area contributed by atoms with Crippen molar-refractivity contribution in [3.8, 4) is 0 Å². The quantitative estimate of drug-likeness (QED) is 0.848. The van der Waals surface area contributed by atoms with E-state index in [9.17, 15) is 9.59 Å². The maximum Gasteiger partial charge on any atom is 0.241 e. The molecule has 0 aliphatic carbocycles. The number of anilines is 1. The molecule has 2 amide bonds. The fraction of sp³-hybridized carbons (Fsp3) is 0.706. The molecule has 2 N–H and O–H groups in total. The van der Waals surface area contributed by atoms with Gasteiger partial charge in [-0.2, -0.15) is 5.10 Å². The highest BCUT2D eigenvalue weighted by Gasteiger charge is 2.27. The lowest BCUT2D eigenvalue weighted by Gasteiger charge is -2.35. The molecule has 0 unspecified atom stereocenters. The number of carbonyl (C=O) groups excluding carboxylic acids is 2. The molecule has 24 heavy (non-hydrogen) atoms. The van der Waals surface area contributed by atoms with E-state index in [0.29, 0.717) is 5.92 Å². The van der Waals surface area contributed by atoms with Crippen molar-refractivity contribution in [1.29, 1.82) is 0 Å². The molecule has 0 radical (unpaired) electrons. The topological polar surface area (TPSA) is 79.3 Å². The molecule has 1 saturated heterocycles. The number of aryl methyl sites for hydroxylation is 2. The van der Waals surface area contributed by atoms with Crippen molar-refractivity contribution >= 4 is 17.5 Å². The molecule has 2 heterocycles. The first-order chi connectivity index (χ1) is 11.3. The molecule has 0 aromatic carbocycles. The monoisotopic (exact) mass is 335 g/mol. The van der Waals surface area contributed by atoms with Crippen molar-refractivity contribution in [2.24, 2.45) is 13.0 Å². The van der Waals surface area contributed by atoms with Crippen molar-refractivity contribution in [3.63, 3.8) is 0 Å². The minimum absolute atomic E-state index is 0.00881. The standard InChI is InChI=1S/C17H29N5O2/c1-11-16(12(2)21(5)20-11)19-17(24)13(3)22-8-6-15(7-9-22)10-18-14(4)23/h13,15H,6-10H2,1-5H3,(H,18,23)(H,19,24)/t13-/m1/s1. The van der Waals surface area contributed by atoms with E-state index >= 15 is 0 Å². The van der Waals surface area contributed by atoms with Gasteiger partial charge in [-0.25, -0.2) is 0 Å². The van der Waals surface area contributed by atoms with E-state index in [0.717, 1.165) is 49.6 Å². The highest BCUT2D eigenvalue weighted by atomic mass is 16.2. The Morgan fingerprint density at radius 3 is 2.42 bits per heavy atom. The summed E-state index contributed by atoms with van der Waals surface area (Å²) in [5.41, 5.74) is 2.61. The van der Waals surface area contributed by atoms with Gasteiger partial charge in [0.05, 0.1) is 23.1 Å². The molecule has 1 aromatic rings. The lowest BCUT2D eigenvalue weighted by molar-refractivity contribution is -0.121. The second-order valence-electron chi connectivity index (χ2n) is 6.75. The van der Waals surface area contributed by atoms with E-state index in [4.69, 9.17) is 0 Å². The van der Waals surface area contributed by atoms with Gasteiger partial charge in [0.25, 0.3) is 0 Å². The van der Waals surface area contributed by atoms with Gasteiger partial charge < -0.3 is 10.6 Å². The van der Waals surface area contributed by atoms with Crippen molar-refractivity contribution in [2.45, 2.75) is 46.6 Å². The first-order valence-electron chi connectivity index (χ1n) is 8.59. The summed E-state index contributed by atoms with van der Waals surface area (Å²) in [5, 5.41) is 10.2. The van der Waals surface area contributed by atoms with Gasteiger partial charge in [-0.15, -0.1) is 0 Å². The van der Waals surface area contributed by atoms with E-state index < -0.39 is 0 Å². The van der Waals surface area contributed by atoms with Crippen LogP contribution in [0.2, 0.25) is 0 Å². The van der Waals surface area contributed by atoms with E-state index in [1.807, 2.05) is 27.8 Å². The number of amides is 2. The zero-order valence-electron chi connectivity index (χ0n) is 15.3. The number of carbonyl (C=O) groups is 2. The Hall–Kier alpha value is -1.89. The summed E-state index contributed by atoms with van der Waals surface area (Å²) in [7, 11) is 1.88. The Morgan fingerprint density at radius 2 is 1.92 bits per heavy atom. The van der Waals surface area contributed by atoms with Gasteiger partial charge in [0, 0.05) is 20.5 Å². The summed E-state index contributed by atoms with van der Waals surface area (Å²) >= 11 is 0. The first kappa shape index (κ1) is 18.4. The van der Waals surface area contributed by atoms with Gasteiger partial charge >= 0.3 is 0 Å². The number of nitrogens with one attached hydrogen (secondary N) is 2. The highest BCUT2D eigenvalue weighted by molar-refractivity contribution is 5.95. The van der Waals surface area contributed by atoms with E-state index in [1.54, 1.807) is 11.6 Å². The molecule has 0 saturated carbocycles. The average Bonchev–Trinajstić information content (AvgIpc) is 2.79. The van der Waals surface area contributed by atoms with Crippen molar-refractivity contribution in [1.82, 2.24) is 20.0 Å². The molecule has 1 aromatic heterocycles. The summed E-state index contributed by atoms with van der Waals surface area (Å²) in [6.45, 7) is 9.84. The second-order valence-corrected chi connectivity index (χ2v) is 6.75. The molecule has 1 aliphatic heterocycles. The molecule has 7 heteroatoms. The smallest absolute Gasteiger partial charge is 0.241 e. The maximum absolute atomic E-state index is 12.6. The van der Waals surface area contributed by atoms with Gasteiger partial charge in [-0.1, -0.05) is 0 Å². The molecule has 1 fully saturated rings. The van der Waals surface area contributed by atoms with Crippen LogP contribution in [-0.4, -0.2) is 52.2 Å². The van der Waals surface area contributed by atoms with E-state index in [-0.39, 0.29) is 17.9 Å². The first-order valence-corrected chi connectivity index (χ1v) is 8.59. The maximum atomic E-state index is 12.6. The number of nitrogens with zero attached hydrogens (tertiary/aromatic N) is 3. The van der Waals surface area contributed by atoms with Crippen LogP contribution in [0.1, 0.15) is 38.1 Å². The molecular formula is C17H29N5O2. The van der Waals surface area contributed by atoms with Crippen molar-refractivity contribution in [3.05, 3.63) is 11.4 Å². The zero-order chi connectivity index (χ0) is 17.9. The van der Waals surface area contributed by atoms with Crippen LogP contribution in [0.25, 0.3) is 0 Å². The predicted molar refractivity (Wildman–Crippen MR) is 93.8 cm³/mol. The largest absolute Gasteiger partial charge is 0.356 e. The van der Waals surface area contributed by atoms with Gasteiger partial charge in [0.1, 0.15) is 0 Å². The lowest BCUT2D eigenvalue weighted by Crippen LogP contribution is -2.47. The number of piperidine rings is 1. The second kappa shape index (κ2) is 7.79. The number of rotatable bonds is 5.